The number of carbonyl (C=O) groups excluding carboxylic acids is 4. The Balaban J connectivity index is 0.000000155. The second kappa shape index (κ2) is 8.89. The summed E-state index contributed by atoms with van der Waals surface area (Å²) in [6.45, 7) is 6.88. The molecule has 4 aliphatic heterocycles. The summed E-state index contributed by atoms with van der Waals surface area (Å²) in [5.41, 5.74) is 3.73. The van der Waals surface area contributed by atoms with Gasteiger partial charge in [0, 0.05) is 11.6 Å². The Hall–Kier alpha value is -3.81. The van der Waals surface area contributed by atoms with Crippen LogP contribution in [0, 0.1) is 49.2 Å². The molecule has 0 radical (unpaired) electrons. The van der Waals surface area contributed by atoms with Crippen molar-refractivity contribution in [1.29, 1.82) is 0 Å². The lowest BCUT2D eigenvalue weighted by molar-refractivity contribution is -0.144. The maximum atomic E-state index is 11.9. The summed E-state index contributed by atoms with van der Waals surface area (Å²) in [5.74, 6) is -1.23. The van der Waals surface area contributed by atoms with E-state index in [1.54, 1.807) is 27.7 Å². The van der Waals surface area contributed by atoms with Crippen LogP contribution in [0.2, 0.25) is 0 Å². The lowest BCUT2D eigenvalue weighted by atomic mass is 9.41. The van der Waals surface area contributed by atoms with Gasteiger partial charge in [-0.1, -0.05) is 70.6 Å². The topological polar surface area (TPSA) is 105 Å². The summed E-state index contributed by atoms with van der Waals surface area (Å²) < 4.78 is 22.0. The Morgan fingerprint density at radius 3 is 0.974 bits per heavy atom. The van der Waals surface area contributed by atoms with Crippen molar-refractivity contribution in [3.63, 3.8) is 0 Å². The first-order valence-corrected chi connectivity index (χ1v) is 13.0. The van der Waals surface area contributed by atoms with Gasteiger partial charge in [0.15, 0.2) is 23.7 Å². The molecule has 5 atom stereocenters. The number of benzene rings is 2. The molecule has 0 aliphatic carbocycles. The number of fused-ring (bicyclic) bond motifs is 2. The highest BCUT2D eigenvalue weighted by atomic mass is 16.7. The molecule has 2 aromatic carbocycles. The van der Waals surface area contributed by atoms with Crippen molar-refractivity contribution in [1.82, 2.24) is 0 Å². The Morgan fingerprint density at radius 2 is 0.737 bits per heavy atom. The van der Waals surface area contributed by atoms with Crippen LogP contribution in [-0.4, -0.2) is 37.0 Å². The van der Waals surface area contributed by atoms with Gasteiger partial charge in [-0.15, -0.1) is 0 Å². The van der Waals surface area contributed by atoms with Crippen LogP contribution in [0.15, 0.2) is 48.5 Å². The van der Waals surface area contributed by atoms with Gasteiger partial charge in [-0.2, -0.15) is 0 Å². The van der Waals surface area contributed by atoms with Crippen molar-refractivity contribution in [2.24, 2.45) is 23.7 Å². The zero-order chi connectivity index (χ0) is 27.6. The minimum atomic E-state index is -2.08. The van der Waals surface area contributed by atoms with Gasteiger partial charge in [-0.05, 0) is 41.5 Å². The number of rotatable bonds is 2. The fraction of sp³-hybridized carbons (Fsp3) is 0.357. The molecule has 2 aromatic rings. The van der Waals surface area contributed by atoms with Crippen LogP contribution < -0.4 is 10.9 Å². The summed E-state index contributed by atoms with van der Waals surface area (Å²) in [7, 11) is 0. The van der Waals surface area contributed by atoms with Crippen LogP contribution in [-0.2, 0) is 37.8 Å². The zero-order valence-corrected chi connectivity index (χ0v) is 22.3. The van der Waals surface area contributed by atoms with Crippen LogP contribution in [0.1, 0.15) is 38.8 Å². The minimum absolute atomic E-state index is 0.310. The molecular weight excluding hydrogens is 486 g/mol. The Morgan fingerprint density at radius 1 is 0.500 bits per heavy atom. The normalized spacial score (nSPS) is 30.6. The number of hydrogen-bond acceptors (Lipinski definition) is 8. The van der Waals surface area contributed by atoms with E-state index in [4.69, 9.17) is 18.6 Å². The number of aryl methyl sites for hydroxylation is 2. The van der Waals surface area contributed by atoms with Gasteiger partial charge in [0.05, 0.1) is 0 Å². The average Bonchev–Trinajstić information content (AvgIpc) is 3.47. The standard InChI is InChI=1S/2C14H15BO4/c2*1-8-4-6-11(7-5-8)15-12(9(2)13(16)18-15)10(3)14(17)19-15/h2*4-7,9-10H,1-3H3/t9-,10+,15?;9-,10-/m.0/s1. The summed E-state index contributed by atoms with van der Waals surface area (Å²) in [6.07, 6.45) is 0. The van der Waals surface area contributed by atoms with E-state index in [2.05, 4.69) is 0 Å². The predicted molar refractivity (Wildman–Crippen MR) is 141 cm³/mol. The number of hydrogen-bond donors (Lipinski definition) is 0. The molecule has 0 spiro atoms. The van der Waals surface area contributed by atoms with Crippen molar-refractivity contribution in [2.45, 2.75) is 41.5 Å². The van der Waals surface area contributed by atoms with Crippen LogP contribution in [0.5, 0.6) is 0 Å². The molecule has 196 valence electrons. The zero-order valence-electron chi connectivity index (χ0n) is 22.3. The summed E-state index contributed by atoms with van der Waals surface area (Å²) >= 11 is 0. The van der Waals surface area contributed by atoms with Crippen LogP contribution in [0.3, 0.4) is 0 Å². The molecule has 0 bridgehead atoms. The maximum Gasteiger partial charge on any atom is 0.589 e. The minimum Gasteiger partial charge on any atom is -0.609 e. The molecule has 0 saturated carbocycles. The molecule has 0 N–H and O–H groups in total. The lowest BCUT2D eigenvalue weighted by Crippen LogP contribution is -2.53. The molecule has 4 fully saturated rings. The highest BCUT2D eigenvalue weighted by Crippen LogP contribution is 2.47. The molecule has 4 aliphatic rings. The van der Waals surface area contributed by atoms with Crippen molar-refractivity contribution in [3.8, 4) is 0 Å². The van der Waals surface area contributed by atoms with Gasteiger partial charge in [0.25, 0.3) is 0 Å². The molecular formula is C28H30B2O8. The first kappa shape index (κ1) is 25.8. The van der Waals surface area contributed by atoms with Gasteiger partial charge in [-0.3, -0.25) is 19.2 Å². The average molecular weight is 516 g/mol. The fourth-order valence-electron chi connectivity index (χ4n) is 6.29. The first-order valence-electron chi connectivity index (χ1n) is 13.0. The molecule has 1 unspecified atom stereocenters. The fourth-order valence-corrected chi connectivity index (χ4v) is 6.29. The Labute approximate surface area is 222 Å². The van der Waals surface area contributed by atoms with Crippen LogP contribution in [0.25, 0.3) is 0 Å². The van der Waals surface area contributed by atoms with Crippen LogP contribution >= 0.6 is 0 Å². The summed E-state index contributed by atoms with van der Waals surface area (Å²) in [5, 5.41) is 0. The number of carbonyl (C=O) groups is 4. The van der Waals surface area contributed by atoms with Gasteiger partial charge in [-0.25, -0.2) is 0 Å². The highest BCUT2D eigenvalue weighted by molar-refractivity contribution is 6.91. The van der Waals surface area contributed by atoms with E-state index >= 15 is 0 Å². The van der Waals surface area contributed by atoms with E-state index < -0.39 is 13.1 Å². The molecule has 0 aromatic heterocycles. The first-order chi connectivity index (χ1) is 17.9. The third-order valence-electron chi connectivity index (χ3n) is 8.45. The molecule has 10 heteroatoms. The maximum absolute atomic E-state index is 11.9. The molecule has 4 saturated heterocycles. The smallest absolute Gasteiger partial charge is 0.589 e. The molecule has 8 nitrogen and oxygen atoms in total. The van der Waals surface area contributed by atoms with Crippen molar-refractivity contribution < 1.29 is 37.8 Å². The Bertz CT molecular complexity index is 1160. The van der Waals surface area contributed by atoms with Crippen molar-refractivity contribution >= 4 is 47.9 Å². The van der Waals surface area contributed by atoms with E-state index in [1.807, 2.05) is 62.4 Å². The SMILES string of the molecule is Cc1ccc([B-]23OC(=O)[C@@H](C)[C+]2[C@@H](C)C(=O)O3)cc1.Cc1ccc([B-]23OC(=O)[C@@H](C)[C+]2[C@H](C)C(=O)O3)cc1. The van der Waals surface area contributed by atoms with Gasteiger partial charge in [0.2, 0.25) is 0 Å². The quantitative estimate of drug-likeness (QED) is 0.443. The molecule has 38 heavy (non-hydrogen) atoms. The molecule has 6 rings (SSSR count). The largest absolute Gasteiger partial charge is 0.609 e. The van der Waals surface area contributed by atoms with E-state index in [0.717, 1.165) is 33.7 Å². The lowest BCUT2D eigenvalue weighted by Gasteiger charge is -2.25. The summed E-state index contributed by atoms with van der Waals surface area (Å²) in [6, 6.07) is 15.2. The van der Waals surface area contributed by atoms with Crippen LogP contribution in [0.4, 0.5) is 0 Å². The summed E-state index contributed by atoms with van der Waals surface area (Å²) in [4.78, 5) is 47.5. The van der Waals surface area contributed by atoms with Crippen molar-refractivity contribution in [3.05, 3.63) is 71.3 Å². The van der Waals surface area contributed by atoms with Gasteiger partial charge < -0.3 is 18.6 Å². The van der Waals surface area contributed by atoms with E-state index in [0.29, 0.717) is 0 Å². The second-order valence-corrected chi connectivity index (χ2v) is 10.9. The van der Waals surface area contributed by atoms with E-state index in [-0.39, 0.29) is 47.5 Å². The molecule has 0 amide bonds. The van der Waals surface area contributed by atoms with E-state index in [9.17, 15) is 19.2 Å². The third-order valence-corrected chi connectivity index (χ3v) is 8.45. The highest BCUT2D eigenvalue weighted by Gasteiger charge is 2.73. The van der Waals surface area contributed by atoms with E-state index in [1.165, 1.54) is 0 Å². The van der Waals surface area contributed by atoms with Gasteiger partial charge >= 0.3 is 37.0 Å². The second-order valence-electron chi connectivity index (χ2n) is 10.9. The Kier molecular flexibility index (Phi) is 6.04. The third kappa shape index (κ3) is 3.68. The predicted octanol–water partition coefficient (Wildman–Crippen LogP) is 2.29. The monoisotopic (exact) mass is 516 g/mol. The van der Waals surface area contributed by atoms with Gasteiger partial charge in [0.1, 0.15) is 0 Å². The molecule has 4 heterocycles. The van der Waals surface area contributed by atoms with Crippen molar-refractivity contribution in [2.75, 3.05) is 0 Å².